The van der Waals surface area contributed by atoms with Gasteiger partial charge in [-0.05, 0) is 5.56 Å². The van der Waals surface area contributed by atoms with Crippen LogP contribution in [-0.4, -0.2) is 13.1 Å². The van der Waals surface area contributed by atoms with Crippen molar-refractivity contribution in [3.8, 4) is 0 Å². The molecule has 0 saturated carbocycles. The summed E-state index contributed by atoms with van der Waals surface area (Å²) in [5.74, 6) is -0.443. The first-order valence-corrected chi connectivity index (χ1v) is 3.84. The van der Waals surface area contributed by atoms with E-state index in [1.807, 2.05) is 30.3 Å². The molecule has 70 valence electrons. The van der Waals surface area contributed by atoms with E-state index in [9.17, 15) is 4.79 Å². The molecule has 0 aliphatic heterocycles. The maximum atomic E-state index is 10.8. The van der Waals surface area contributed by atoms with Gasteiger partial charge in [0.05, 0.1) is 7.11 Å². The Hall–Kier alpha value is -1.77. The van der Waals surface area contributed by atoms with Crippen LogP contribution in [0.1, 0.15) is 6.99 Å². The predicted octanol–water partition coefficient (Wildman–Crippen LogP) is 1.41. The molecule has 0 fully saturated rings. The summed E-state index contributed by atoms with van der Waals surface area (Å²) in [5, 5.41) is 0. The van der Waals surface area contributed by atoms with Crippen molar-refractivity contribution >= 4 is 11.7 Å². The number of hydrogen-bond acceptors (Lipinski definition) is 3. The average Bonchev–Trinajstić information content (AvgIpc) is 2.19. The van der Waals surface area contributed by atoms with Crippen LogP contribution in [0.15, 0.2) is 36.4 Å². The number of benzene rings is 1. The normalized spacial score (nSPS) is 11.0. The van der Waals surface area contributed by atoms with Crippen molar-refractivity contribution in [3.63, 3.8) is 0 Å². The highest BCUT2D eigenvalue weighted by molar-refractivity contribution is 5.90. The van der Waals surface area contributed by atoms with Crippen LogP contribution in [0.25, 0.3) is 5.70 Å². The van der Waals surface area contributed by atoms with Gasteiger partial charge in [0.15, 0.2) is 0 Å². The second-order valence-corrected chi connectivity index (χ2v) is 2.49. The van der Waals surface area contributed by atoms with Gasteiger partial charge < -0.3 is 10.5 Å². The van der Waals surface area contributed by atoms with Crippen molar-refractivity contribution in [3.05, 3.63) is 42.0 Å². The van der Waals surface area contributed by atoms with Crippen LogP contribution in [0.3, 0.4) is 0 Å². The van der Waals surface area contributed by atoms with E-state index in [2.05, 4.69) is 4.74 Å². The molecule has 0 radical (unpaired) electrons. The second-order valence-electron chi connectivity index (χ2n) is 2.49. The van der Waals surface area contributed by atoms with Crippen LogP contribution in [0.2, 0.25) is 0 Å². The van der Waals surface area contributed by atoms with Crippen molar-refractivity contribution in [1.82, 2.24) is 0 Å². The first-order valence-electron chi connectivity index (χ1n) is 3.84. The zero-order chi connectivity index (χ0) is 9.68. The molecule has 1 aromatic rings. The summed E-state index contributed by atoms with van der Waals surface area (Å²) < 4.78 is 4.45. The van der Waals surface area contributed by atoms with E-state index in [0.29, 0.717) is 5.70 Å². The third-order valence-electron chi connectivity index (χ3n) is 1.58. The number of esters is 1. The molecule has 1 aromatic carbocycles. The average molecular weight is 179 g/mol. The molecule has 0 amide bonds. The minimum absolute atomic E-state index is 0. The Bertz CT molecular complexity index is 322. The number of rotatable bonds is 2. The van der Waals surface area contributed by atoms with E-state index in [1.54, 1.807) is 0 Å². The number of carbonyl (C=O) groups is 1. The molecule has 0 aliphatic carbocycles. The van der Waals surface area contributed by atoms with Crippen molar-refractivity contribution < 1.29 is 11.0 Å². The molecular weight excluding hydrogens is 166 g/mol. The number of methoxy groups -OCH3 is 1. The lowest BCUT2D eigenvalue weighted by molar-refractivity contribution is -0.134. The molecule has 0 unspecified atom stereocenters. The molecule has 2 N–H and O–H groups in total. The standard InChI is InChI=1S/C10H11NO2.H2/c1-13-10(12)7-9(11)8-5-3-2-4-6-8;/h2-7H,11H2,1H3;1H/b9-7-;. The molecule has 0 aromatic heterocycles. The number of nitrogens with two attached hydrogens (primary N) is 1. The maximum Gasteiger partial charge on any atom is 0.332 e. The minimum Gasteiger partial charge on any atom is -0.466 e. The molecule has 0 aliphatic rings. The van der Waals surface area contributed by atoms with E-state index in [4.69, 9.17) is 5.73 Å². The zero-order valence-corrected chi connectivity index (χ0v) is 7.36. The lowest BCUT2D eigenvalue weighted by Gasteiger charge is -1.99. The molecule has 0 saturated heterocycles. The second kappa shape index (κ2) is 4.30. The van der Waals surface area contributed by atoms with Crippen molar-refractivity contribution in [2.75, 3.05) is 7.11 Å². The van der Waals surface area contributed by atoms with E-state index in [0.717, 1.165) is 5.56 Å². The first kappa shape index (κ1) is 9.32. The molecule has 3 nitrogen and oxygen atoms in total. The Kier molecular flexibility index (Phi) is 3.09. The number of ether oxygens (including phenoxy) is 1. The number of carbonyl (C=O) groups excluding carboxylic acids is 1. The van der Waals surface area contributed by atoms with Gasteiger partial charge in [-0.15, -0.1) is 0 Å². The fraction of sp³-hybridized carbons (Fsp3) is 0.100. The summed E-state index contributed by atoms with van der Waals surface area (Å²) in [6.07, 6.45) is 1.26. The Morgan fingerprint density at radius 3 is 2.62 bits per heavy atom. The highest BCUT2D eigenvalue weighted by atomic mass is 16.5. The molecule has 13 heavy (non-hydrogen) atoms. The van der Waals surface area contributed by atoms with Gasteiger partial charge >= 0.3 is 5.97 Å². The third-order valence-corrected chi connectivity index (χ3v) is 1.58. The third kappa shape index (κ3) is 2.63. The summed E-state index contributed by atoms with van der Waals surface area (Å²) in [5.41, 5.74) is 6.85. The summed E-state index contributed by atoms with van der Waals surface area (Å²) in [4.78, 5) is 10.8. The summed E-state index contributed by atoms with van der Waals surface area (Å²) in [6, 6.07) is 9.25. The summed E-state index contributed by atoms with van der Waals surface area (Å²) in [7, 11) is 1.32. The van der Waals surface area contributed by atoms with Crippen LogP contribution < -0.4 is 5.73 Å². The van der Waals surface area contributed by atoms with Gasteiger partial charge in [-0.25, -0.2) is 4.79 Å². The Morgan fingerprint density at radius 2 is 2.08 bits per heavy atom. The monoisotopic (exact) mass is 179 g/mol. The van der Waals surface area contributed by atoms with Gasteiger partial charge in [-0.1, -0.05) is 30.3 Å². The fourth-order valence-electron chi connectivity index (χ4n) is 0.900. The van der Waals surface area contributed by atoms with Crippen LogP contribution in [0.4, 0.5) is 0 Å². The molecular formula is C10H13NO2. The number of hydrogen-bond donors (Lipinski definition) is 1. The van der Waals surface area contributed by atoms with Gasteiger partial charge in [-0.2, -0.15) is 0 Å². The Labute approximate surface area is 78.3 Å². The van der Waals surface area contributed by atoms with Gasteiger partial charge in [0.1, 0.15) is 0 Å². The van der Waals surface area contributed by atoms with E-state index >= 15 is 0 Å². The zero-order valence-electron chi connectivity index (χ0n) is 7.36. The van der Waals surface area contributed by atoms with Gasteiger partial charge in [0, 0.05) is 13.2 Å². The van der Waals surface area contributed by atoms with Crippen LogP contribution in [0.5, 0.6) is 0 Å². The molecule has 3 heteroatoms. The minimum atomic E-state index is -0.443. The highest BCUT2D eigenvalue weighted by Crippen LogP contribution is 2.07. The summed E-state index contributed by atoms with van der Waals surface area (Å²) >= 11 is 0. The van der Waals surface area contributed by atoms with Crippen LogP contribution in [-0.2, 0) is 9.53 Å². The van der Waals surface area contributed by atoms with Crippen LogP contribution in [0, 0.1) is 0 Å². The SMILES string of the molecule is COC(=O)/C=C(\N)c1ccccc1.[HH]. The van der Waals surface area contributed by atoms with E-state index in [1.165, 1.54) is 13.2 Å². The summed E-state index contributed by atoms with van der Waals surface area (Å²) in [6.45, 7) is 0. The van der Waals surface area contributed by atoms with Crippen molar-refractivity contribution in [1.29, 1.82) is 0 Å². The lowest BCUT2D eigenvalue weighted by atomic mass is 10.1. The highest BCUT2D eigenvalue weighted by Gasteiger charge is 1.98. The van der Waals surface area contributed by atoms with Gasteiger partial charge in [0.2, 0.25) is 0 Å². The molecule has 0 atom stereocenters. The quantitative estimate of drug-likeness (QED) is 0.551. The Morgan fingerprint density at radius 1 is 1.46 bits per heavy atom. The molecule has 0 bridgehead atoms. The largest absolute Gasteiger partial charge is 0.466 e. The molecule has 0 heterocycles. The first-order chi connectivity index (χ1) is 6.24. The molecule has 0 spiro atoms. The Balaban J connectivity index is 0.00000169. The van der Waals surface area contributed by atoms with Crippen LogP contribution >= 0.6 is 0 Å². The van der Waals surface area contributed by atoms with E-state index < -0.39 is 5.97 Å². The van der Waals surface area contributed by atoms with Gasteiger partial charge in [-0.3, -0.25) is 0 Å². The van der Waals surface area contributed by atoms with Crippen molar-refractivity contribution in [2.45, 2.75) is 0 Å². The topological polar surface area (TPSA) is 52.3 Å². The van der Waals surface area contributed by atoms with E-state index in [-0.39, 0.29) is 1.43 Å². The predicted molar refractivity (Wildman–Crippen MR) is 52.7 cm³/mol. The smallest absolute Gasteiger partial charge is 0.332 e. The fourth-order valence-corrected chi connectivity index (χ4v) is 0.900. The molecule has 1 rings (SSSR count). The van der Waals surface area contributed by atoms with Gasteiger partial charge in [0.25, 0.3) is 0 Å². The van der Waals surface area contributed by atoms with Crippen molar-refractivity contribution in [2.24, 2.45) is 5.73 Å². The maximum absolute atomic E-state index is 10.8. The lowest BCUT2D eigenvalue weighted by Crippen LogP contribution is -2.02.